The molecule has 0 aliphatic rings. The Labute approximate surface area is 109 Å². The number of nitrogens with one attached hydrogen (secondary N) is 1. The summed E-state index contributed by atoms with van der Waals surface area (Å²) in [6.07, 6.45) is 0.383. The minimum absolute atomic E-state index is 0.0775. The van der Waals surface area contributed by atoms with Gasteiger partial charge in [0.2, 0.25) is 0 Å². The monoisotopic (exact) mass is 253 g/mol. The summed E-state index contributed by atoms with van der Waals surface area (Å²) in [5, 5.41) is 3.38. The van der Waals surface area contributed by atoms with Crippen LogP contribution in [0, 0.1) is 13.8 Å². The second-order valence-electron chi connectivity index (χ2n) is 4.67. The van der Waals surface area contributed by atoms with Crippen molar-refractivity contribution in [3.05, 3.63) is 23.2 Å². The second kappa shape index (κ2) is 6.59. The van der Waals surface area contributed by atoms with Crippen molar-refractivity contribution < 1.29 is 13.9 Å². The summed E-state index contributed by atoms with van der Waals surface area (Å²) in [5.41, 5.74) is 1.14. The van der Waals surface area contributed by atoms with Gasteiger partial charge in [-0.1, -0.05) is 0 Å². The Morgan fingerprint density at radius 2 is 2.11 bits per heavy atom. The Morgan fingerprint density at radius 3 is 2.61 bits per heavy atom. The van der Waals surface area contributed by atoms with Crippen molar-refractivity contribution in [2.24, 2.45) is 0 Å². The summed E-state index contributed by atoms with van der Waals surface area (Å²) in [5.74, 6) is 1.68. The molecule has 102 valence electrons. The predicted octanol–water partition coefficient (Wildman–Crippen LogP) is 2.89. The minimum Gasteiger partial charge on any atom is -0.466 e. The first-order chi connectivity index (χ1) is 8.43. The molecule has 1 rings (SSSR count). The van der Waals surface area contributed by atoms with Crippen molar-refractivity contribution in [1.82, 2.24) is 5.32 Å². The Morgan fingerprint density at radius 1 is 1.44 bits per heavy atom. The zero-order chi connectivity index (χ0) is 13.7. The zero-order valence-electron chi connectivity index (χ0n) is 11.9. The molecular weight excluding hydrogens is 230 g/mol. The van der Waals surface area contributed by atoms with E-state index in [1.807, 2.05) is 33.8 Å². The molecule has 1 aromatic rings. The van der Waals surface area contributed by atoms with Gasteiger partial charge in [-0.15, -0.1) is 0 Å². The maximum absolute atomic E-state index is 11.4. The van der Waals surface area contributed by atoms with Gasteiger partial charge in [0.25, 0.3) is 0 Å². The average molecular weight is 253 g/mol. The number of furan rings is 1. The van der Waals surface area contributed by atoms with Crippen LogP contribution in [-0.2, 0) is 9.53 Å². The van der Waals surface area contributed by atoms with E-state index in [1.54, 1.807) is 0 Å². The third-order valence-electron chi connectivity index (χ3n) is 2.86. The SMILES string of the molecule is CCOC(=O)CC(C)NC(C)c1cc(C)oc1C. The molecule has 0 aromatic carbocycles. The van der Waals surface area contributed by atoms with Gasteiger partial charge in [-0.2, -0.15) is 0 Å². The largest absolute Gasteiger partial charge is 0.466 e. The van der Waals surface area contributed by atoms with Crippen molar-refractivity contribution in [2.45, 2.75) is 53.1 Å². The molecule has 1 N–H and O–H groups in total. The first-order valence-electron chi connectivity index (χ1n) is 6.42. The third-order valence-corrected chi connectivity index (χ3v) is 2.86. The number of rotatable bonds is 6. The lowest BCUT2D eigenvalue weighted by Crippen LogP contribution is -2.31. The van der Waals surface area contributed by atoms with E-state index >= 15 is 0 Å². The minimum atomic E-state index is -0.162. The lowest BCUT2D eigenvalue weighted by atomic mass is 10.1. The van der Waals surface area contributed by atoms with Crippen LogP contribution in [0.5, 0.6) is 0 Å². The van der Waals surface area contributed by atoms with Gasteiger partial charge >= 0.3 is 5.97 Å². The highest BCUT2D eigenvalue weighted by molar-refractivity contribution is 5.70. The fraction of sp³-hybridized carbons (Fsp3) is 0.643. The van der Waals surface area contributed by atoms with Crippen LogP contribution in [-0.4, -0.2) is 18.6 Å². The molecule has 2 atom stereocenters. The summed E-state index contributed by atoms with van der Waals surface area (Å²) in [4.78, 5) is 11.4. The lowest BCUT2D eigenvalue weighted by molar-refractivity contribution is -0.143. The van der Waals surface area contributed by atoms with Crippen LogP contribution in [0.25, 0.3) is 0 Å². The molecule has 0 aliphatic heterocycles. The fourth-order valence-electron chi connectivity index (χ4n) is 2.13. The molecule has 1 heterocycles. The molecule has 1 aromatic heterocycles. The molecule has 0 radical (unpaired) electrons. The first-order valence-corrected chi connectivity index (χ1v) is 6.42. The Kier molecular flexibility index (Phi) is 5.41. The molecule has 4 heteroatoms. The van der Waals surface area contributed by atoms with Crippen LogP contribution < -0.4 is 5.32 Å². The maximum atomic E-state index is 11.4. The molecule has 2 unspecified atom stereocenters. The zero-order valence-corrected chi connectivity index (χ0v) is 11.9. The molecule has 0 fully saturated rings. The van der Waals surface area contributed by atoms with Gasteiger partial charge in [0.1, 0.15) is 11.5 Å². The number of hydrogen-bond acceptors (Lipinski definition) is 4. The van der Waals surface area contributed by atoms with E-state index in [0.29, 0.717) is 13.0 Å². The topological polar surface area (TPSA) is 51.5 Å². The highest BCUT2D eigenvalue weighted by Crippen LogP contribution is 2.21. The van der Waals surface area contributed by atoms with Crippen LogP contribution in [0.15, 0.2) is 10.5 Å². The summed E-state index contributed by atoms with van der Waals surface area (Å²) in [7, 11) is 0. The number of ether oxygens (including phenoxy) is 1. The molecule has 4 nitrogen and oxygen atoms in total. The average Bonchev–Trinajstić information content (AvgIpc) is 2.57. The van der Waals surface area contributed by atoms with E-state index in [2.05, 4.69) is 12.2 Å². The third kappa shape index (κ3) is 4.18. The number of carbonyl (C=O) groups excluding carboxylic acids is 1. The molecule has 0 bridgehead atoms. The quantitative estimate of drug-likeness (QED) is 0.792. The Bertz CT molecular complexity index is 398. The lowest BCUT2D eigenvalue weighted by Gasteiger charge is -2.19. The van der Waals surface area contributed by atoms with Crippen molar-refractivity contribution in [3.8, 4) is 0 Å². The molecule has 0 amide bonds. The predicted molar refractivity (Wildman–Crippen MR) is 70.4 cm³/mol. The summed E-state index contributed by atoms with van der Waals surface area (Å²) in [6, 6.07) is 2.27. The summed E-state index contributed by atoms with van der Waals surface area (Å²) >= 11 is 0. The van der Waals surface area contributed by atoms with Gasteiger partial charge in [0, 0.05) is 17.6 Å². The highest BCUT2D eigenvalue weighted by Gasteiger charge is 2.16. The van der Waals surface area contributed by atoms with Crippen LogP contribution in [0.4, 0.5) is 0 Å². The molecule has 18 heavy (non-hydrogen) atoms. The summed E-state index contributed by atoms with van der Waals surface area (Å²) < 4.78 is 10.4. The van der Waals surface area contributed by atoms with Gasteiger partial charge in [-0.05, 0) is 40.7 Å². The van der Waals surface area contributed by atoms with Crippen molar-refractivity contribution >= 4 is 5.97 Å². The smallest absolute Gasteiger partial charge is 0.307 e. The molecule has 0 saturated carbocycles. The van der Waals surface area contributed by atoms with Crippen LogP contribution in [0.3, 0.4) is 0 Å². The maximum Gasteiger partial charge on any atom is 0.307 e. The van der Waals surface area contributed by atoms with E-state index in [0.717, 1.165) is 17.1 Å². The van der Waals surface area contributed by atoms with E-state index in [-0.39, 0.29) is 18.1 Å². The molecule has 0 aliphatic carbocycles. The number of carbonyl (C=O) groups is 1. The van der Waals surface area contributed by atoms with E-state index in [9.17, 15) is 4.79 Å². The normalized spacial score (nSPS) is 14.3. The van der Waals surface area contributed by atoms with Gasteiger partial charge in [-0.25, -0.2) is 0 Å². The van der Waals surface area contributed by atoms with Crippen molar-refractivity contribution in [3.63, 3.8) is 0 Å². The van der Waals surface area contributed by atoms with E-state index < -0.39 is 0 Å². The highest BCUT2D eigenvalue weighted by atomic mass is 16.5. The van der Waals surface area contributed by atoms with Crippen LogP contribution in [0.1, 0.15) is 50.3 Å². The standard InChI is InChI=1S/C14H23NO3/c1-6-17-14(16)7-9(2)15-11(4)13-8-10(3)18-12(13)5/h8-9,11,15H,6-7H2,1-5H3. The van der Waals surface area contributed by atoms with Gasteiger partial charge < -0.3 is 14.5 Å². The number of hydrogen-bond donors (Lipinski definition) is 1. The summed E-state index contributed by atoms with van der Waals surface area (Å²) in [6.45, 7) is 10.2. The number of aryl methyl sites for hydroxylation is 2. The Hall–Kier alpha value is -1.29. The van der Waals surface area contributed by atoms with Crippen LogP contribution >= 0.6 is 0 Å². The fourth-order valence-corrected chi connectivity index (χ4v) is 2.13. The van der Waals surface area contributed by atoms with Gasteiger partial charge in [-0.3, -0.25) is 4.79 Å². The van der Waals surface area contributed by atoms with E-state index in [1.165, 1.54) is 0 Å². The molecule has 0 saturated heterocycles. The second-order valence-corrected chi connectivity index (χ2v) is 4.67. The Balaban J connectivity index is 2.51. The first kappa shape index (κ1) is 14.8. The molecule has 0 spiro atoms. The van der Waals surface area contributed by atoms with Crippen molar-refractivity contribution in [1.29, 1.82) is 0 Å². The molecular formula is C14H23NO3. The van der Waals surface area contributed by atoms with E-state index in [4.69, 9.17) is 9.15 Å². The van der Waals surface area contributed by atoms with Gasteiger partial charge in [0.05, 0.1) is 13.0 Å². The van der Waals surface area contributed by atoms with Crippen molar-refractivity contribution in [2.75, 3.05) is 6.61 Å². The van der Waals surface area contributed by atoms with Crippen LogP contribution in [0.2, 0.25) is 0 Å². The van der Waals surface area contributed by atoms with Gasteiger partial charge in [0.15, 0.2) is 0 Å². The number of esters is 1.